The summed E-state index contributed by atoms with van der Waals surface area (Å²) < 4.78 is 0. The van der Waals surface area contributed by atoms with E-state index in [1.165, 1.54) is 21.9 Å². The van der Waals surface area contributed by atoms with E-state index in [2.05, 4.69) is 52.0 Å². The number of hydrogen-bond donors (Lipinski definition) is 1. The Bertz CT molecular complexity index is 553. The molecule has 18 heavy (non-hydrogen) atoms. The quantitative estimate of drug-likeness (QED) is 0.771. The molecule has 2 N–H and O–H groups in total. The molecule has 0 aromatic heterocycles. The average Bonchev–Trinajstić information content (AvgIpc) is 2.28. The van der Waals surface area contributed by atoms with Crippen LogP contribution in [-0.4, -0.2) is 0 Å². The molecule has 0 saturated heterocycles. The summed E-state index contributed by atoms with van der Waals surface area (Å²) in [6.45, 7) is 8.99. The molecule has 0 heterocycles. The van der Waals surface area contributed by atoms with Gasteiger partial charge in [-0.15, -0.1) is 0 Å². The lowest BCUT2D eigenvalue weighted by molar-refractivity contribution is 0.648. The molecule has 2 aromatic carbocycles. The summed E-state index contributed by atoms with van der Waals surface area (Å²) in [6, 6.07) is 10.9. The van der Waals surface area contributed by atoms with Gasteiger partial charge in [0.15, 0.2) is 0 Å². The summed E-state index contributed by atoms with van der Waals surface area (Å²) >= 11 is 0. The highest BCUT2D eigenvalue weighted by Crippen LogP contribution is 2.30. The van der Waals surface area contributed by atoms with Crippen LogP contribution in [0.15, 0.2) is 30.3 Å². The van der Waals surface area contributed by atoms with E-state index in [9.17, 15) is 0 Å². The fraction of sp³-hybridized carbons (Fsp3) is 0.412. The molecule has 1 nitrogen and oxygen atoms in total. The van der Waals surface area contributed by atoms with Gasteiger partial charge in [0.25, 0.3) is 0 Å². The standard InChI is InChI=1S/C17H23N/c1-11(2)9-13-5-6-15-16(10-13)14(12(3)4)7-8-17(15)18/h5-8,10-12H,9,18H2,1-4H3. The van der Waals surface area contributed by atoms with Crippen LogP contribution in [0.1, 0.15) is 44.7 Å². The second-order valence-corrected chi connectivity index (χ2v) is 5.88. The van der Waals surface area contributed by atoms with Crippen LogP contribution in [0.3, 0.4) is 0 Å². The molecule has 0 atom stereocenters. The minimum atomic E-state index is 0.530. The van der Waals surface area contributed by atoms with Gasteiger partial charge in [-0.3, -0.25) is 0 Å². The SMILES string of the molecule is CC(C)Cc1ccc2c(N)ccc(C(C)C)c2c1. The van der Waals surface area contributed by atoms with Gasteiger partial charge in [0, 0.05) is 11.1 Å². The van der Waals surface area contributed by atoms with E-state index in [1.807, 2.05) is 6.07 Å². The minimum Gasteiger partial charge on any atom is -0.398 e. The summed E-state index contributed by atoms with van der Waals surface area (Å²) in [6.07, 6.45) is 1.13. The van der Waals surface area contributed by atoms with Crippen molar-refractivity contribution in [3.63, 3.8) is 0 Å². The van der Waals surface area contributed by atoms with E-state index in [1.54, 1.807) is 0 Å². The molecule has 0 aliphatic rings. The Kier molecular flexibility index (Phi) is 3.60. The molecule has 0 aliphatic heterocycles. The molecule has 2 rings (SSSR count). The first kappa shape index (κ1) is 12.9. The van der Waals surface area contributed by atoms with Crippen LogP contribution in [0.2, 0.25) is 0 Å². The zero-order valence-electron chi connectivity index (χ0n) is 11.8. The van der Waals surface area contributed by atoms with Gasteiger partial charge in [-0.2, -0.15) is 0 Å². The highest BCUT2D eigenvalue weighted by atomic mass is 14.5. The third-order valence-corrected chi connectivity index (χ3v) is 3.41. The predicted molar refractivity (Wildman–Crippen MR) is 81.0 cm³/mol. The number of benzene rings is 2. The third-order valence-electron chi connectivity index (χ3n) is 3.41. The lowest BCUT2D eigenvalue weighted by atomic mass is 9.92. The molecule has 0 saturated carbocycles. The number of nitrogens with two attached hydrogens (primary N) is 1. The van der Waals surface area contributed by atoms with Crippen molar-refractivity contribution in [2.24, 2.45) is 5.92 Å². The van der Waals surface area contributed by atoms with Gasteiger partial charge < -0.3 is 5.73 Å². The summed E-state index contributed by atoms with van der Waals surface area (Å²) in [5.74, 6) is 1.22. The first-order valence-corrected chi connectivity index (χ1v) is 6.80. The Hall–Kier alpha value is -1.50. The van der Waals surface area contributed by atoms with Crippen LogP contribution in [0.5, 0.6) is 0 Å². The number of anilines is 1. The van der Waals surface area contributed by atoms with Crippen molar-refractivity contribution in [1.29, 1.82) is 0 Å². The van der Waals surface area contributed by atoms with Gasteiger partial charge >= 0.3 is 0 Å². The molecule has 0 bridgehead atoms. The average molecular weight is 241 g/mol. The second-order valence-electron chi connectivity index (χ2n) is 5.88. The van der Waals surface area contributed by atoms with Crippen LogP contribution in [0.25, 0.3) is 10.8 Å². The first-order chi connectivity index (χ1) is 8.49. The number of hydrogen-bond acceptors (Lipinski definition) is 1. The highest BCUT2D eigenvalue weighted by Gasteiger charge is 2.08. The predicted octanol–water partition coefficient (Wildman–Crippen LogP) is 4.74. The number of fused-ring (bicyclic) bond motifs is 1. The monoisotopic (exact) mass is 241 g/mol. The van der Waals surface area contributed by atoms with Crippen LogP contribution in [-0.2, 0) is 6.42 Å². The molecule has 0 amide bonds. The van der Waals surface area contributed by atoms with E-state index >= 15 is 0 Å². The fourth-order valence-corrected chi connectivity index (χ4v) is 2.54. The topological polar surface area (TPSA) is 26.0 Å². The van der Waals surface area contributed by atoms with E-state index in [4.69, 9.17) is 5.73 Å². The van der Waals surface area contributed by atoms with Crippen molar-refractivity contribution in [3.8, 4) is 0 Å². The Morgan fingerprint density at radius 2 is 1.67 bits per heavy atom. The van der Waals surface area contributed by atoms with E-state index in [0.29, 0.717) is 11.8 Å². The fourth-order valence-electron chi connectivity index (χ4n) is 2.54. The minimum absolute atomic E-state index is 0.530. The molecule has 0 unspecified atom stereocenters. The van der Waals surface area contributed by atoms with Crippen LogP contribution in [0.4, 0.5) is 5.69 Å². The molecule has 0 spiro atoms. The third kappa shape index (κ3) is 2.50. The van der Waals surface area contributed by atoms with Gasteiger partial charge in [0.05, 0.1) is 0 Å². The zero-order valence-corrected chi connectivity index (χ0v) is 11.8. The van der Waals surface area contributed by atoms with Crippen molar-refractivity contribution in [3.05, 3.63) is 41.5 Å². The zero-order chi connectivity index (χ0) is 13.3. The second kappa shape index (κ2) is 5.01. The molecule has 0 radical (unpaired) electrons. The molecular weight excluding hydrogens is 218 g/mol. The Labute approximate surface area is 110 Å². The van der Waals surface area contributed by atoms with E-state index in [0.717, 1.165) is 12.1 Å². The van der Waals surface area contributed by atoms with E-state index < -0.39 is 0 Å². The molecule has 96 valence electrons. The molecule has 0 aliphatic carbocycles. The summed E-state index contributed by atoms with van der Waals surface area (Å²) in [5.41, 5.74) is 9.76. The lowest BCUT2D eigenvalue weighted by Gasteiger charge is -2.14. The van der Waals surface area contributed by atoms with Gasteiger partial charge in [-0.05, 0) is 40.8 Å². The molecule has 0 fully saturated rings. The summed E-state index contributed by atoms with van der Waals surface area (Å²) in [4.78, 5) is 0. The van der Waals surface area contributed by atoms with Crippen molar-refractivity contribution in [2.45, 2.75) is 40.0 Å². The maximum absolute atomic E-state index is 6.08. The normalized spacial score (nSPS) is 11.7. The van der Waals surface area contributed by atoms with Crippen LogP contribution >= 0.6 is 0 Å². The van der Waals surface area contributed by atoms with E-state index in [-0.39, 0.29) is 0 Å². The lowest BCUT2D eigenvalue weighted by Crippen LogP contribution is -1.97. The van der Waals surface area contributed by atoms with Crippen LogP contribution in [0, 0.1) is 5.92 Å². The Morgan fingerprint density at radius 1 is 0.944 bits per heavy atom. The number of nitrogen functional groups attached to an aromatic ring is 1. The highest BCUT2D eigenvalue weighted by molar-refractivity contribution is 5.95. The Morgan fingerprint density at radius 3 is 2.28 bits per heavy atom. The van der Waals surface area contributed by atoms with Gasteiger partial charge in [-0.1, -0.05) is 52.0 Å². The van der Waals surface area contributed by atoms with Gasteiger partial charge in [-0.25, -0.2) is 0 Å². The van der Waals surface area contributed by atoms with Crippen molar-refractivity contribution in [2.75, 3.05) is 5.73 Å². The summed E-state index contributed by atoms with van der Waals surface area (Å²) in [5, 5.41) is 2.51. The maximum Gasteiger partial charge on any atom is 0.0393 e. The number of rotatable bonds is 3. The van der Waals surface area contributed by atoms with Gasteiger partial charge in [0.2, 0.25) is 0 Å². The maximum atomic E-state index is 6.08. The van der Waals surface area contributed by atoms with Crippen molar-refractivity contribution < 1.29 is 0 Å². The smallest absolute Gasteiger partial charge is 0.0393 e. The van der Waals surface area contributed by atoms with Gasteiger partial charge in [0.1, 0.15) is 0 Å². The van der Waals surface area contributed by atoms with Crippen LogP contribution < -0.4 is 5.73 Å². The first-order valence-electron chi connectivity index (χ1n) is 6.80. The van der Waals surface area contributed by atoms with Crippen molar-refractivity contribution >= 4 is 16.5 Å². The molecule has 2 aromatic rings. The molecule has 1 heteroatoms. The summed E-state index contributed by atoms with van der Waals surface area (Å²) in [7, 11) is 0. The molecular formula is C17H23N. The Balaban J connectivity index is 2.61. The largest absolute Gasteiger partial charge is 0.398 e. The van der Waals surface area contributed by atoms with Crippen molar-refractivity contribution in [1.82, 2.24) is 0 Å².